The molecule has 0 saturated heterocycles. The van der Waals surface area contributed by atoms with Gasteiger partial charge in [-0.1, -0.05) is 60.5 Å². The van der Waals surface area contributed by atoms with E-state index in [1.165, 1.54) is 12.8 Å². The fourth-order valence-corrected chi connectivity index (χ4v) is 6.16. The Bertz CT molecular complexity index is 1280. The van der Waals surface area contributed by atoms with E-state index in [-0.39, 0.29) is 0 Å². The molecule has 1 amide bonds. The topological polar surface area (TPSA) is 86.7 Å². The molecule has 2 aromatic carbocycles. The van der Waals surface area contributed by atoms with Gasteiger partial charge in [-0.15, -0.1) is 21.5 Å². The van der Waals surface area contributed by atoms with Crippen molar-refractivity contribution in [1.29, 1.82) is 0 Å². The number of nitrogens with two attached hydrogens (primary N) is 1. The third-order valence-electron chi connectivity index (χ3n) is 5.79. The van der Waals surface area contributed by atoms with Gasteiger partial charge in [0.05, 0.1) is 10.7 Å². The number of rotatable bonds is 7. The molecule has 1 saturated carbocycles. The molecule has 2 aromatic heterocycles. The van der Waals surface area contributed by atoms with Crippen LogP contribution in [-0.2, 0) is 5.75 Å². The molecule has 0 bridgehead atoms. The second kappa shape index (κ2) is 9.67. The van der Waals surface area contributed by atoms with E-state index in [1.807, 2.05) is 36.4 Å². The van der Waals surface area contributed by atoms with Crippen molar-refractivity contribution in [2.45, 2.75) is 42.6 Å². The van der Waals surface area contributed by atoms with Crippen LogP contribution in [0.5, 0.6) is 0 Å². The van der Waals surface area contributed by atoms with Crippen LogP contribution in [0.25, 0.3) is 22.0 Å². The number of benzene rings is 2. The molecule has 9 heteroatoms. The number of aromatic nitrogens is 4. The fourth-order valence-electron chi connectivity index (χ4n) is 4.11. The molecule has 0 aliphatic heterocycles. The van der Waals surface area contributed by atoms with E-state index in [2.05, 4.69) is 20.1 Å². The molecule has 0 spiro atoms. The van der Waals surface area contributed by atoms with Crippen molar-refractivity contribution in [3.63, 3.8) is 0 Å². The Morgan fingerprint density at radius 2 is 1.88 bits per heavy atom. The molecule has 1 fully saturated rings. The summed E-state index contributed by atoms with van der Waals surface area (Å²) in [5.74, 6) is 1.10. The zero-order chi connectivity index (χ0) is 22.8. The van der Waals surface area contributed by atoms with Crippen LogP contribution in [0.3, 0.4) is 0 Å². The number of amides is 1. The van der Waals surface area contributed by atoms with E-state index in [4.69, 9.17) is 22.3 Å². The molecule has 0 unspecified atom stereocenters. The van der Waals surface area contributed by atoms with E-state index >= 15 is 0 Å². The molecule has 168 valence electrons. The highest BCUT2D eigenvalue weighted by molar-refractivity contribution is 7.98. The van der Waals surface area contributed by atoms with Crippen LogP contribution >= 0.6 is 34.7 Å². The van der Waals surface area contributed by atoms with Gasteiger partial charge in [0.15, 0.2) is 11.0 Å². The van der Waals surface area contributed by atoms with Gasteiger partial charge >= 0.3 is 0 Å². The van der Waals surface area contributed by atoms with Crippen LogP contribution < -0.4 is 5.73 Å². The Morgan fingerprint density at radius 3 is 2.61 bits per heavy atom. The van der Waals surface area contributed by atoms with Crippen LogP contribution in [0.15, 0.2) is 59.1 Å². The van der Waals surface area contributed by atoms with Crippen LogP contribution in [-0.4, -0.2) is 25.7 Å². The number of primary amides is 1. The van der Waals surface area contributed by atoms with Gasteiger partial charge in [0.25, 0.3) is 0 Å². The van der Waals surface area contributed by atoms with Crippen LogP contribution in [0.4, 0.5) is 0 Å². The number of halogens is 1. The largest absolute Gasteiger partial charge is 0.366 e. The number of thiazole rings is 1. The maximum atomic E-state index is 11.3. The Morgan fingerprint density at radius 1 is 1.12 bits per heavy atom. The fraction of sp³-hybridized carbons (Fsp3) is 0.250. The number of hydrogen-bond acceptors (Lipinski definition) is 6. The highest BCUT2D eigenvalue weighted by Gasteiger charge is 2.26. The minimum absolute atomic E-state index is 0.392. The second-order valence-corrected chi connectivity index (χ2v) is 10.2. The van der Waals surface area contributed by atoms with Crippen molar-refractivity contribution >= 4 is 40.6 Å². The highest BCUT2D eigenvalue weighted by atomic mass is 35.5. The van der Waals surface area contributed by atoms with Gasteiger partial charge in [-0.25, -0.2) is 4.98 Å². The summed E-state index contributed by atoms with van der Waals surface area (Å²) >= 11 is 9.72. The van der Waals surface area contributed by atoms with Crippen molar-refractivity contribution in [2.75, 3.05) is 0 Å². The first-order chi connectivity index (χ1) is 16.1. The van der Waals surface area contributed by atoms with Gasteiger partial charge in [0.2, 0.25) is 5.91 Å². The predicted octanol–water partition coefficient (Wildman–Crippen LogP) is 6.23. The van der Waals surface area contributed by atoms with Gasteiger partial charge in [-0.05, 0) is 37.1 Å². The first kappa shape index (κ1) is 22.1. The Labute approximate surface area is 205 Å². The summed E-state index contributed by atoms with van der Waals surface area (Å²) in [4.78, 5) is 16.1. The van der Waals surface area contributed by atoms with Crippen molar-refractivity contribution in [1.82, 2.24) is 19.7 Å². The lowest BCUT2D eigenvalue weighted by molar-refractivity contribution is 0.100. The Hall–Kier alpha value is -2.68. The Balaban J connectivity index is 1.37. The van der Waals surface area contributed by atoms with Crippen LogP contribution in [0.2, 0.25) is 5.02 Å². The van der Waals surface area contributed by atoms with E-state index in [1.54, 1.807) is 35.2 Å². The van der Waals surface area contributed by atoms with E-state index in [0.29, 0.717) is 22.4 Å². The summed E-state index contributed by atoms with van der Waals surface area (Å²) in [6.07, 6.45) is 4.70. The summed E-state index contributed by atoms with van der Waals surface area (Å²) in [6, 6.07) is 15.4. The summed E-state index contributed by atoms with van der Waals surface area (Å²) < 4.78 is 2.27. The summed E-state index contributed by atoms with van der Waals surface area (Å²) in [5, 5.41) is 13.6. The first-order valence-electron chi connectivity index (χ1n) is 10.8. The molecule has 4 aromatic rings. The number of nitrogens with zero attached hydrogens (tertiary/aromatic N) is 4. The number of hydrogen-bond donors (Lipinski definition) is 1. The predicted molar refractivity (Wildman–Crippen MR) is 134 cm³/mol. The molecule has 2 heterocycles. The monoisotopic (exact) mass is 495 g/mol. The summed E-state index contributed by atoms with van der Waals surface area (Å²) in [7, 11) is 0. The third kappa shape index (κ3) is 4.69. The number of thioether (sulfide) groups is 1. The maximum absolute atomic E-state index is 11.3. The Kier molecular flexibility index (Phi) is 6.48. The van der Waals surface area contributed by atoms with Gasteiger partial charge in [-0.3, -0.25) is 9.36 Å². The van der Waals surface area contributed by atoms with Crippen LogP contribution in [0, 0.1) is 0 Å². The first-order valence-corrected chi connectivity index (χ1v) is 13.0. The molecule has 0 radical (unpaired) electrons. The van der Waals surface area contributed by atoms with Crippen molar-refractivity contribution in [3.05, 3.63) is 70.2 Å². The summed E-state index contributed by atoms with van der Waals surface area (Å²) in [6.45, 7) is 0. The van der Waals surface area contributed by atoms with E-state index in [0.717, 1.165) is 45.7 Å². The molecule has 5 rings (SSSR count). The number of carbonyl (C=O) groups excluding carboxylic acids is 1. The van der Waals surface area contributed by atoms with Gasteiger partial charge < -0.3 is 5.73 Å². The second-order valence-electron chi connectivity index (χ2n) is 7.97. The van der Waals surface area contributed by atoms with Crippen molar-refractivity contribution in [3.8, 4) is 22.0 Å². The lowest BCUT2D eigenvalue weighted by Gasteiger charge is -2.17. The lowest BCUT2D eigenvalue weighted by atomic mass is 10.1. The van der Waals surface area contributed by atoms with Gasteiger partial charge in [0.1, 0.15) is 5.01 Å². The molecular formula is C24H22ClN5OS2. The van der Waals surface area contributed by atoms with Crippen molar-refractivity contribution in [2.24, 2.45) is 5.73 Å². The summed E-state index contributed by atoms with van der Waals surface area (Å²) in [5.41, 5.74) is 8.69. The molecule has 33 heavy (non-hydrogen) atoms. The zero-order valence-electron chi connectivity index (χ0n) is 17.8. The average molecular weight is 496 g/mol. The smallest absolute Gasteiger partial charge is 0.248 e. The van der Waals surface area contributed by atoms with E-state index in [9.17, 15) is 4.79 Å². The SMILES string of the molecule is NC(=O)c1ccc(-c2nc(CSc3nnc(-c4ccccc4Cl)n3C3CCCC3)cs2)cc1. The molecular weight excluding hydrogens is 474 g/mol. The van der Waals surface area contributed by atoms with Crippen LogP contribution in [0.1, 0.15) is 47.8 Å². The molecule has 1 aliphatic rings. The third-order valence-corrected chi connectivity index (χ3v) is 8.03. The highest BCUT2D eigenvalue weighted by Crippen LogP contribution is 2.39. The minimum atomic E-state index is -0.430. The minimum Gasteiger partial charge on any atom is -0.366 e. The van der Waals surface area contributed by atoms with E-state index < -0.39 is 5.91 Å². The zero-order valence-corrected chi connectivity index (χ0v) is 20.2. The quantitative estimate of drug-likeness (QED) is 0.307. The molecule has 1 aliphatic carbocycles. The van der Waals surface area contributed by atoms with Crippen molar-refractivity contribution < 1.29 is 4.79 Å². The van der Waals surface area contributed by atoms with Gasteiger partial charge in [-0.2, -0.15) is 0 Å². The van der Waals surface area contributed by atoms with Gasteiger partial charge in [0, 0.05) is 33.9 Å². The number of carbonyl (C=O) groups is 1. The average Bonchev–Trinajstić information content (AvgIpc) is 3.58. The molecule has 2 N–H and O–H groups in total. The maximum Gasteiger partial charge on any atom is 0.248 e. The molecule has 0 atom stereocenters. The molecule has 6 nitrogen and oxygen atoms in total. The lowest BCUT2D eigenvalue weighted by Crippen LogP contribution is -2.10. The normalized spacial score (nSPS) is 14.1. The standard InChI is InChI=1S/C24H22ClN5OS2/c25-20-8-4-3-7-19(20)22-28-29-24(30(22)18-5-1-2-6-18)33-14-17-13-32-23(27-17)16-11-9-15(10-12-16)21(26)31/h3-4,7-13,18H,1-2,5-6,14H2,(H2,26,31).